The van der Waals surface area contributed by atoms with Gasteiger partial charge in [0.2, 0.25) is 0 Å². The van der Waals surface area contributed by atoms with Gasteiger partial charge in [0.15, 0.2) is 0 Å². The second kappa shape index (κ2) is 13.8. The second-order valence-electron chi connectivity index (χ2n) is 8.17. The van der Waals surface area contributed by atoms with Gasteiger partial charge in [0.25, 0.3) is 0 Å². The van der Waals surface area contributed by atoms with Gasteiger partial charge in [0, 0.05) is 0 Å². The van der Waals surface area contributed by atoms with Gasteiger partial charge in [-0.15, -0.1) is 0 Å². The summed E-state index contributed by atoms with van der Waals surface area (Å²) in [6.45, 7) is 10.4. The molecule has 2 radical (unpaired) electrons. The molecule has 0 bridgehead atoms. The average Bonchev–Trinajstić information content (AvgIpc) is 2.65. The topological polar surface area (TPSA) is 172 Å². The molecule has 0 spiro atoms. The van der Waals surface area contributed by atoms with Crippen LogP contribution in [0.5, 0.6) is 0 Å². The van der Waals surface area contributed by atoms with Gasteiger partial charge in [-0.05, 0) is 76.4 Å². The fraction of sp³-hybridized carbons (Fsp3) is 0.250. The predicted octanol–water partition coefficient (Wildman–Crippen LogP) is 3.24. The van der Waals surface area contributed by atoms with Crippen LogP contribution < -0.4 is 0 Å². The Bertz CT molecular complexity index is 1370. The largest absolute Gasteiger partial charge is 3.00 e. The zero-order chi connectivity index (χ0) is 28.1. The molecule has 0 saturated heterocycles. The quantitative estimate of drug-likeness (QED) is 0.298. The van der Waals surface area contributed by atoms with Gasteiger partial charge in [0.05, 0.1) is 14.7 Å². The van der Waals surface area contributed by atoms with E-state index in [2.05, 4.69) is 0 Å². The van der Waals surface area contributed by atoms with Crippen molar-refractivity contribution in [3.05, 3.63) is 88.0 Å². The molecule has 0 aliphatic carbocycles. The van der Waals surface area contributed by atoms with Crippen molar-refractivity contribution in [3.8, 4) is 0 Å². The molecular weight excluding hydrogens is 650 g/mol. The van der Waals surface area contributed by atoms with Crippen LogP contribution in [0.25, 0.3) is 0 Å². The third-order valence-corrected chi connectivity index (χ3v) is 7.79. The van der Waals surface area contributed by atoms with Crippen LogP contribution in [0, 0.1) is 41.5 Å². The molecule has 200 valence electrons. The Hall–Kier alpha value is -1.79. The van der Waals surface area contributed by atoms with Crippen molar-refractivity contribution in [2.75, 3.05) is 0 Å². The molecule has 0 amide bonds. The van der Waals surface area contributed by atoms with Crippen molar-refractivity contribution < 1.29 is 38.9 Å². The first-order chi connectivity index (χ1) is 16.2. The summed E-state index contributed by atoms with van der Waals surface area (Å²) in [4.78, 5) is -0.394. The van der Waals surface area contributed by atoms with Crippen LogP contribution in [0.4, 0.5) is 0 Å². The fourth-order valence-corrected chi connectivity index (χ4v) is 5.30. The predicted molar refractivity (Wildman–Crippen MR) is 137 cm³/mol. The Balaban J connectivity index is 0.000000518. The maximum atomic E-state index is 10.6. The normalized spacial score (nSPS) is 11.3. The van der Waals surface area contributed by atoms with E-state index in [9.17, 15) is 38.9 Å². The number of rotatable bonds is 3. The van der Waals surface area contributed by atoms with Gasteiger partial charge >= 0.3 is 24.4 Å². The van der Waals surface area contributed by atoms with Crippen molar-refractivity contribution in [2.24, 2.45) is 0 Å². The van der Waals surface area contributed by atoms with Crippen LogP contribution >= 0.6 is 0 Å². The zero-order valence-corrected chi connectivity index (χ0v) is 26.0. The van der Waals surface area contributed by atoms with Crippen LogP contribution in [0.1, 0.15) is 33.4 Å². The standard InChI is InChI=1S/3C8H10O3S.Sb/c3*1-6-3-4-8(7(2)5-6)12(9,10)11;/h3*3-5H,1-2H3,(H,9,10,11);/q;;;+3/p-3. The second-order valence-corrected chi connectivity index (χ2v) is 12.2. The Morgan fingerprint density at radius 1 is 0.432 bits per heavy atom. The first-order valence-corrected chi connectivity index (χ1v) is 14.6. The number of aryl methyl sites for hydroxylation is 6. The molecule has 37 heavy (non-hydrogen) atoms. The van der Waals surface area contributed by atoms with Crippen LogP contribution in [0.3, 0.4) is 0 Å². The van der Waals surface area contributed by atoms with E-state index in [0.29, 0.717) is 16.7 Å². The molecule has 3 aromatic carbocycles. The summed E-state index contributed by atoms with van der Waals surface area (Å²) in [5.74, 6) is 0. The molecule has 0 saturated carbocycles. The summed E-state index contributed by atoms with van der Waals surface area (Å²) in [5.41, 5.74) is 4.35. The molecule has 13 heteroatoms. The van der Waals surface area contributed by atoms with E-state index >= 15 is 0 Å². The third kappa shape index (κ3) is 11.6. The van der Waals surface area contributed by atoms with Gasteiger partial charge in [-0.2, -0.15) is 0 Å². The summed E-state index contributed by atoms with van der Waals surface area (Å²) in [6, 6.07) is 13.9. The van der Waals surface area contributed by atoms with Gasteiger partial charge in [-0.3, -0.25) is 0 Å². The zero-order valence-electron chi connectivity index (χ0n) is 21.0. The molecule has 0 atom stereocenters. The first-order valence-electron chi connectivity index (χ1n) is 10.3. The Labute approximate surface area is 236 Å². The van der Waals surface area contributed by atoms with Crippen molar-refractivity contribution in [1.82, 2.24) is 0 Å². The minimum absolute atomic E-state index is 0. The molecule has 0 fully saturated rings. The summed E-state index contributed by atoms with van der Waals surface area (Å²) < 4.78 is 95.5. The van der Waals surface area contributed by atoms with Crippen LogP contribution in [0.15, 0.2) is 69.3 Å². The van der Waals surface area contributed by atoms with Gasteiger partial charge in [-0.1, -0.05) is 53.1 Å². The van der Waals surface area contributed by atoms with E-state index in [1.807, 2.05) is 20.8 Å². The monoisotopic (exact) mass is 676 g/mol. The van der Waals surface area contributed by atoms with E-state index in [1.165, 1.54) is 18.2 Å². The van der Waals surface area contributed by atoms with Crippen molar-refractivity contribution >= 4 is 54.8 Å². The van der Waals surface area contributed by atoms with Gasteiger partial charge in [-0.25, -0.2) is 25.3 Å². The molecular formula is C24H27O9S3Sb. The Kier molecular flexibility index (Phi) is 13.2. The molecule has 0 aliphatic rings. The molecule has 0 N–H and O–H groups in total. The minimum Gasteiger partial charge on any atom is -0.744 e. The van der Waals surface area contributed by atoms with E-state index in [-0.39, 0.29) is 39.1 Å². The van der Waals surface area contributed by atoms with Crippen LogP contribution in [-0.4, -0.2) is 63.3 Å². The number of benzene rings is 3. The molecule has 0 unspecified atom stereocenters. The van der Waals surface area contributed by atoms with Crippen LogP contribution in [0.2, 0.25) is 0 Å². The SMILES string of the molecule is Cc1ccc(S(=O)(=O)[O-])c(C)c1.Cc1ccc(S(=O)(=O)[O-])c(C)c1.Cc1ccc(S(=O)(=O)[O-])c(C)c1.[Sb+3]. The smallest absolute Gasteiger partial charge is 0.744 e. The van der Waals surface area contributed by atoms with E-state index in [0.717, 1.165) is 16.7 Å². The maximum Gasteiger partial charge on any atom is 3.00 e. The maximum absolute atomic E-state index is 10.6. The van der Waals surface area contributed by atoms with Gasteiger partial charge < -0.3 is 13.7 Å². The fourth-order valence-electron chi connectivity index (χ4n) is 3.24. The summed E-state index contributed by atoms with van der Waals surface area (Å²) in [6.07, 6.45) is 0. The Morgan fingerprint density at radius 2 is 0.622 bits per heavy atom. The first kappa shape index (κ1) is 35.2. The summed E-state index contributed by atoms with van der Waals surface area (Å²) in [5, 5.41) is 0. The Morgan fingerprint density at radius 3 is 0.757 bits per heavy atom. The van der Waals surface area contributed by atoms with Crippen molar-refractivity contribution in [2.45, 2.75) is 56.2 Å². The molecule has 9 nitrogen and oxygen atoms in total. The average molecular weight is 677 g/mol. The number of hydrogen-bond donors (Lipinski definition) is 0. The minimum atomic E-state index is -4.30. The number of hydrogen-bond acceptors (Lipinski definition) is 9. The summed E-state index contributed by atoms with van der Waals surface area (Å²) >= 11 is 0. The molecule has 0 aromatic heterocycles. The molecule has 0 aliphatic heterocycles. The van der Waals surface area contributed by atoms with E-state index in [4.69, 9.17) is 0 Å². The summed E-state index contributed by atoms with van der Waals surface area (Å²) in [7, 11) is -12.9. The molecule has 3 rings (SSSR count). The van der Waals surface area contributed by atoms with E-state index in [1.54, 1.807) is 57.2 Å². The van der Waals surface area contributed by atoms with Crippen molar-refractivity contribution in [1.29, 1.82) is 0 Å². The third-order valence-electron chi connectivity index (χ3n) is 4.80. The molecule has 0 heterocycles. The van der Waals surface area contributed by atoms with Crippen LogP contribution in [-0.2, 0) is 30.4 Å². The van der Waals surface area contributed by atoms with E-state index < -0.39 is 30.4 Å². The van der Waals surface area contributed by atoms with Gasteiger partial charge in [0.1, 0.15) is 30.4 Å². The molecule has 3 aromatic rings. The van der Waals surface area contributed by atoms with Crippen molar-refractivity contribution in [3.63, 3.8) is 0 Å².